The Hall–Kier alpha value is -1.94. The van der Waals surface area contributed by atoms with Crippen molar-refractivity contribution in [1.29, 1.82) is 0 Å². The van der Waals surface area contributed by atoms with Gasteiger partial charge in [-0.3, -0.25) is 4.79 Å². The molecule has 0 unspecified atom stereocenters. The minimum atomic E-state index is 0.140. The number of carbonyl (C=O) groups is 1. The van der Waals surface area contributed by atoms with Crippen LogP contribution in [0.4, 0.5) is 0 Å². The van der Waals surface area contributed by atoms with Crippen LogP contribution in [0.5, 0.6) is 5.75 Å². The van der Waals surface area contributed by atoms with Gasteiger partial charge in [-0.05, 0) is 50.1 Å². The van der Waals surface area contributed by atoms with E-state index in [2.05, 4.69) is 12.1 Å². The number of thioether (sulfide) groups is 1. The number of amides is 1. The maximum absolute atomic E-state index is 12.6. The number of hydrogen-bond donors (Lipinski definition) is 0. The third-order valence-electron chi connectivity index (χ3n) is 4.14. The number of benzene rings is 2. The summed E-state index contributed by atoms with van der Waals surface area (Å²) in [6, 6.07) is 16.1. The van der Waals surface area contributed by atoms with Crippen molar-refractivity contribution in [2.75, 3.05) is 19.7 Å². The van der Waals surface area contributed by atoms with Gasteiger partial charge >= 0.3 is 0 Å². The van der Waals surface area contributed by atoms with E-state index in [1.165, 1.54) is 4.90 Å². The molecule has 0 spiro atoms. The van der Waals surface area contributed by atoms with Crippen LogP contribution < -0.4 is 4.74 Å². The highest BCUT2D eigenvalue weighted by Gasteiger charge is 2.20. The fraction of sp³-hybridized carbons (Fsp3) is 0.350. The quantitative estimate of drug-likeness (QED) is 0.718. The van der Waals surface area contributed by atoms with Crippen LogP contribution in [-0.2, 0) is 5.75 Å². The summed E-state index contributed by atoms with van der Waals surface area (Å²) in [4.78, 5) is 15.8. The SMILES string of the molecule is CCOc1ccc(C(=O)N2CCCC2)cc1CSc1ccccc1. The predicted molar refractivity (Wildman–Crippen MR) is 98.8 cm³/mol. The maximum atomic E-state index is 12.6. The van der Waals surface area contributed by atoms with Crippen LogP contribution >= 0.6 is 11.8 Å². The Morgan fingerprint density at radius 3 is 2.58 bits per heavy atom. The van der Waals surface area contributed by atoms with Gasteiger partial charge in [0.1, 0.15) is 5.75 Å². The van der Waals surface area contributed by atoms with Crippen molar-refractivity contribution in [3.8, 4) is 5.75 Å². The standard InChI is InChI=1S/C20H23NO2S/c1-2-23-19-11-10-16(20(22)21-12-6-7-13-21)14-17(19)15-24-18-8-4-3-5-9-18/h3-5,8-11,14H,2,6-7,12-13,15H2,1H3. The van der Waals surface area contributed by atoms with E-state index in [9.17, 15) is 4.79 Å². The van der Waals surface area contributed by atoms with E-state index in [0.29, 0.717) is 6.61 Å². The lowest BCUT2D eigenvalue weighted by Gasteiger charge is -2.17. The molecule has 1 heterocycles. The number of nitrogens with zero attached hydrogens (tertiary/aromatic N) is 1. The van der Waals surface area contributed by atoms with E-state index >= 15 is 0 Å². The zero-order chi connectivity index (χ0) is 16.8. The number of ether oxygens (including phenoxy) is 1. The Morgan fingerprint density at radius 2 is 1.88 bits per heavy atom. The van der Waals surface area contributed by atoms with Crippen molar-refractivity contribution in [3.05, 3.63) is 59.7 Å². The molecule has 1 aliphatic rings. The molecule has 3 nitrogen and oxygen atoms in total. The summed E-state index contributed by atoms with van der Waals surface area (Å²) < 4.78 is 5.75. The molecule has 1 aliphatic heterocycles. The zero-order valence-electron chi connectivity index (χ0n) is 14.0. The topological polar surface area (TPSA) is 29.5 Å². The Bertz CT molecular complexity index is 681. The lowest BCUT2D eigenvalue weighted by molar-refractivity contribution is 0.0792. The summed E-state index contributed by atoms with van der Waals surface area (Å²) in [5, 5.41) is 0. The van der Waals surface area contributed by atoms with Crippen LogP contribution in [0.1, 0.15) is 35.7 Å². The molecule has 0 aliphatic carbocycles. The Kier molecular flexibility index (Phi) is 5.81. The Morgan fingerprint density at radius 1 is 1.12 bits per heavy atom. The average molecular weight is 341 g/mol. The van der Waals surface area contributed by atoms with E-state index in [4.69, 9.17) is 4.74 Å². The third kappa shape index (κ3) is 4.12. The van der Waals surface area contributed by atoms with Crippen molar-refractivity contribution in [2.45, 2.75) is 30.4 Å². The van der Waals surface area contributed by atoms with Crippen LogP contribution in [0.15, 0.2) is 53.4 Å². The van der Waals surface area contributed by atoms with Crippen LogP contribution in [0.25, 0.3) is 0 Å². The molecule has 0 bridgehead atoms. The number of rotatable bonds is 6. The fourth-order valence-corrected chi connectivity index (χ4v) is 3.80. The van der Waals surface area contributed by atoms with E-state index < -0.39 is 0 Å². The average Bonchev–Trinajstić information content (AvgIpc) is 3.16. The molecule has 1 fully saturated rings. The minimum absolute atomic E-state index is 0.140. The zero-order valence-corrected chi connectivity index (χ0v) is 14.8. The summed E-state index contributed by atoms with van der Waals surface area (Å²) in [5.41, 5.74) is 1.85. The predicted octanol–water partition coefficient (Wildman–Crippen LogP) is 4.61. The first-order valence-electron chi connectivity index (χ1n) is 8.51. The molecule has 1 saturated heterocycles. The first-order chi connectivity index (χ1) is 11.8. The van der Waals surface area contributed by atoms with E-state index in [1.807, 2.05) is 48.2 Å². The van der Waals surface area contributed by atoms with Crippen LogP contribution in [0, 0.1) is 0 Å². The van der Waals surface area contributed by atoms with Gasteiger partial charge < -0.3 is 9.64 Å². The highest BCUT2D eigenvalue weighted by Crippen LogP contribution is 2.29. The van der Waals surface area contributed by atoms with Crippen LogP contribution in [0.2, 0.25) is 0 Å². The molecule has 0 aromatic heterocycles. The number of hydrogen-bond acceptors (Lipinski definition) is 3. The van der Waals surface area contributed by atoms with Crippen molar-refractivity contribution in [3.63, 3.8) is 0 Å². The van der Waals surface area contributed by atoms with E-state index in [0.717, 1.165) is 48.6 Å². The summed E-state index contributed by atoms with van der Waals surface area (Å²) in [6.45, 7) is 4.36. The molecule has 126 valence electrons. The summed E-state index contributed by atoms with van der Waals surface area (Å²) in [6.07, 6.45) is 2.22. The van der Waals surface area contributed by atoms with Crippen molar-refractivity contribution >= 4 is 17.7 Å². The molecular weight excluding hydrogens is 318 g/mol. The molecule has 3 rings (SSSR count). The Labute approximate surface area is 148 Å². The monoisotopic (exact) mass is 341 g/mol. The first-order valence-corrected chi connectivity index (χ1v) is 9.49. The molecule has 2 aromatic carbocycles. The van der Waals surface area contributed by atoms with Gasteiger partial charge in [0.2, 0.25) is 0 Å². The molecule has 1 amide bonds. The van der Waals surface area contributed by atoms with Crippen LogP contribution in [0.3, 0.4) is 0 Å². The van der Waals surface area contributed by atoms with Gasteiger partial charge in [-0.2, -0.15) is 0 Å². The van der Waals surface area contributed by atoms with Gasteiger partial charge in [-0.1, -0.05) is 18.2 Å². The van der Waals surface area contributed by atoms with E-state index in [-0.39, 0.29) is 5.91 Å². The second-order valence-corrected chi connectivity index (χ2v) is 6.91. The van der Waals surface area contributed by atoms with E-state index in [1.54, 1.807) is 11.8 Å². The first kappa shape index (κ1) is 16.9. The van der Waals surface area contributed by atoms with Crippen molar-refractivity contribution in [1.82, 2.24) is 4.90 Å². The molecule has 4 heteroatoms. The number of likely N-dealkylation sites (tertiary alicyclic amines) is 1. The molecule has 2 aromatic rings. The van der Waals surface area contributed by atoms with Gasteiger partial charge in [-0.15, -0.1) is 11.8 Å². The largest absolute Gasteiger partial charge is 0.494 e. The van der Waals surface area contributed by atoms with Crippen molar-refractivity contribution in [2.24, 2.45) is 0 Å². The summed E-state index contributed by atoms with van der Waals surface area (Å²) in [7, 11) is 0. The fourth-order valence-electron chi connectivity index (χ4n) is 2.90. The molecule has 0 radical (unpaired) electrons. The minimum Gasteiger partial charge on any atom is -0.494 e. The molecule has 24 heavy (non-hydrogen) atoms. The highest BCUT2D eigenvalue weighted by molar-refractivity contribution is 7.98. The lowest BCUT2D eigenvalue weighted by Crippen LogP contribution is -2.27. The summed E-state index contributed by atoms with van der Waals surface area (Å²) in [5.74, 6) is 1.81. The molecule has 0 saturated carbocycles. The number of carbonyl (C=O) groups excluding carboxylic acids is 1. The molecule has 0 atom stereocenters. The second kappa shape index (κ2) is 8.25. The highest BCUT2D eigenvalue weighted by atomic mass is 32.2. The molecular formula is C20H23NO2S. The van der Waals surface area contributed by atoms with Gasteiger partial charge in [0, 0.05) is 34.9 Å². The lowest BCUT2D eigenvalue weighted by atomic mass is 10.1. The smallest absolute Gasteiger partial charge is 0.253 e. The Balaban J connectivity index is 1.78. The summed E-state index contributed by atoms with van der Waals surface area (Å²) >= 11 is 1.76. The van der Waals surface area contributed by atoms with Gasteiger partial charge in [0.05, 0.1) is 6.61 Å². The third-order valence-corrected chi connectivity index (χ3v) is 5.20. The van der Waals surface area contributed by atoms with Gasteiger partial charge in [0.25, 0.3) is 5.91 Å². The molecule has 0 N–H and O–H groups in total. The maximum Gasteiger partial charge on any atom is 0.253 e. The normalized spacial score (nSPS) is 14.0. The van der Waals surface area contributed by atoms with Crippen LogP contribution in [-0.4, -0.2) is 30.5 Å². The van der Waals surface area contributed by atoms with Crippen molar-refractivity contribution < 1.29 is 9.53 Å². The second-order valence-electron chi connectivity index (χ2n) is 5.86. The van der Waals surface area contributed by atoms with Gasteiger partial charge in [0.15, 0.2) is 0 Å². The van der Waals surface area contributed by atoms with Gasteiger partial charge in [-0.25, -0.2) is 0 Å².